The number of nitrogens with one attached hydrogen (secondary N) is 1. The maximum Gasteiger partial charge on any atom is 0.311 e. The van der Waals surface area contributed by atoms with Crippen molar-refractivity contribution in [1.82, 2.24) is 4.90 Å². The number of fused-ring (bicyclic) bond motifs is 4. The Morgan fingerprint density at radius 1 is 1.37 bits per heavy atom. The molecule has 3 saturated heterocycles. The maximum absolute atomic E-state index is 13.0. The molecule has 3 spiro atoms. The number of anilines is 1. The van der Waals surface area contributed by atoms with Gasteiger partial charge in [-0.2, -0.15) is 0 Å². The minimum absolute atomic E-state index is 0.0712. The van der Waals surface area contributed by atoms with Gasteiger partial charge in [-0.25, -0.2) is 0 Å². The number of benzene rings is 1. The standard InChI is InChI=1S/C21H24N2O4/c1-26-17(25)12-8-19-15(24)9-21(12)20(11-4-2-3-5-13(11)22-21)6-7-23(18(19)20)10-14-16(19)27-14/h2-5,12,14-16,18,22,24H,6-10H2,1H3/t12-,14+,15+,16-,18+,19+,20-,21-/m0/s1. The van der Waals surface area contributed by atoms with Crippen LogP contribution < -0.4 is 5.32 Å². The van der Waals surface area contributed by atoms with Crippen molar-refractivity contribution in [3.63, 3.8) is 0 Å². The third-order valence-electron chi connectivity index (χ3n) is 9.00. The molecule has 142 valence electrons. The van der Waals surface area contributed by atoms with Gasteiger partial charge in [-0.05, 0) is 37.4 Å². The van der Waals surface area contributed by atoms with E-state index in [0.717, 1.165) is 25.2 Å². The van der Waals surface area contributed by atoms with Gasteiger partial charge in [0, 0.05) is 29.1 Å². The number of epoxide rings is 1. The molecule has 2 N–H and O–H groups in total. The molecule has 8 atom stereocenters. The van der Waals surface area contributed by atoms with Gasteiger partial charge in [0.15, 0.2) is 0 Å². The van der Waals surface area contributed by atoms with Crippen molar-refractivity contribution in [2.75, 3.05) is 25.5 Å². The lowest BCUT2D eigenvalue weighted by Crippen LogP contribution is -2.82. The molecule has 3 aliphatic carbocycles. The fourth-order valence-corrected chi connectivity index (χ4v) is 8.31. The highest BCUT2D eigenvalue weighted by atomic mass is 16.6. The van der Waals surface area contributed by atoms with Crippen LogP contribution in [0.4, 0.5) is 5.69 Å². The highest BCUT2D eigenvalue weighted by Crippen LogP contribution is 2.76. The van der Waals surface area contributed by atoms with Crippen molar-refractivity contribution < 1.29 is 19.4 Å². The Balaban J connectivity index is 1.55. The minimum Gasteiger partial charge on any atom is -0.469 e. The largest absolute Gasteiger partial charge is 0.469 e. The second-order valence-electron chi connectivity index (χ2n) is 9.47. The zero-order chi connectivity index (χ0) is 18.2. The summed E-state index contributed by atoms with van der Waals surface area (Å²) in [5.74, 6) is -0.418. The second-order valence-corrected chi connectivity index (χ2v) is 9.47. The first kappa shape index (κ1) is 15.3. The SMILES string of the molecule is COC(=O)[C@@H]1C[C@@]23[C@H](O)C[C@]14Nc1ccccc1[C@]41CCN(C[C@H]4O[C@@H]42)[C@H]31. The summed E-state index contributed by atoms with van der Waals surface area (Å²) in [6.45, 7) is 1.95. The van der Waals surface area contributed by atoms with E-state index in [1.807, 2.05) is 0 Å². The van der Waals surface area contributed by atoms with Gasteiger partial charge in [0.05, 0.1) is 36.9 Å². The molecule has 3 saturated carbocycles. The molecule has 6 nitrogen and oxygen atoms in total. The lowest BCUT2D eigenvalue weighted by Gasteiger charge is -2.69. The Morgan fingerprint density at radius 3 is 3.07 bits per heavy atom. The number of hydrogen-bond acceptors (Lipinski definition) is 6. The molecular formula is C21H24N2O4. The molecular weight excluding hydrogens is 344 g/mol. The molecule has 6 fully saturated rings. The predicted octanol–water partition coefficient (Wildman–Crippen LogP) is 0.888. The summed E-state index contributed by atoms with van der Waals surface area (Å²) in [4.78, 5) is 15.6. The summed E-state index contributed by atoms with van der Waals surface area (Å²) in [7, 11) is 1.49. The molecule has 0 radical (unpaired) electrons. The Labute approximate surface area is 157 Å². The van der Waals surface area contributed by atoms with Gasteiger partial charge in [-0.15, -0.1) is 0 Å². The van der Waals surface area contributed by atoms with Crippen molar-refractivity contribution in [3.8, 4) is 0 Å². The number of carbonyl (C=O) groups excluding carboxylic acids is 1. The summed E-state index contributed by atoms with van der Waals surface area (Å²) < 4.78 is 11.4. The van der Waals surface area contributed by atoms with E-state index in [9.17, 15) is 9.90 Å². The van der Waals surface area contributed by atoms with Crippen LogP contribution in [0.25, 0.3) is 0 Å². The van der Waals surface area contributed by atoms with E-state index < -0.39 is 11.6 Å². The third kappa shape index (κ3) is 1.34. The average Bonchev–Trinajstić information content (AvgIpc) is 3.27. The predicted molar refractivity (Wildman–Crippen MR) is 96.3 cm³/mol. The van der Waals surface area contributed by atoms with E-state index in [-0.39, 0.29) is 41.0 Å². The number of hydrogen-bond donors (Lipinski definition) is 2. The van der Waals surface area contributed by atoms with Crippen LogP contribution in [0.15, 0.2) is 24.3 Å². The van der Waals surface area contributed by atoms with Gasteiger partial charge in [0.1, 0.15) is 0 Å². The van der Waals surface area contributed by atoms with Crippen molar-refractivity contribution in [1.29, 1.82) is 0 Å². The number of aliphatic hydroxyl groups excluding tert-OH is 1. The van der Waals surface area contributed by atoms with Crippen LogP contribution in [0, 0.1) is 11.3 Å². The van der Waals surface area contributed by atoms with Crippen LogP contribution in [0.1, 0.15) is 24.8 Å². The average molecular weight is 368 g/mol. The van der Waals surface area contributed by atoms with E-state index in [2.05, 4.69) is 34.5 Å². The Hall–Kier alpha value is -1.63. The normalized spacial score (nSPS) is 53.0. The van der Waals surface area contributed by atoms with Crippen LogP contribution in [0.3, 0.4) is 0 Å². The topological polar surface area (TPSA) is 74.3 Å². The van der Waals surface area contributed by atoms with Crippen molar-refractivity contribution in [2.45, 2.75) is 54.6 Å². The zero-order valence-electron chi connectivity index (χ0n) is 15.4. The number of para-hydroxylation sites is 1. The van der Waals surface area contributed by atoms with Crippen LogP contribution >= 0.6 is 0 Å². The van der Waals surface area contributed by atoms with Crippen LogP contribution in [-0.4, -0.2) is 66.1 Å². The molecule has 1 aromatic carbocycles. The van der Waals surface area contributed by atoms with E-state index in [1.54, 1.807) is 0 Å². The van der Waals surface area contributed by atoms with Gasteiger partial charge >= 0.3 is 5.97 Å². The maximum atomic E-state index is 13.0. The van der Waals surface area contributed by atoms with Gasteiger partial charge in [0.25, 0.3) is 0 Å². The Morgan fingerprint density at radius 2 is 2.22 bits per heavy atom. The zero-order valence-corrected chi connectivity index (χ0v) is 15.4. The molecule has 4 aliphatic heterocycles. The van der Waals surface area contributed by atoms with Crippen LogP contribution in [-0.2, 0) is 19.7 Å². The quantitative estimate of drug-likeness (QED) is 0.567. The summed E-state index contributed by atoms with van der Waals surface area (Å²) >= 11 is 0. The molecule has 0 amide bonds. The summed E-state index contributed by atoms with van der Waals surface area (Å²) in [5, 5.41) is 15.2. The number of rotatable bonds is 1. The number of piperidine rings is 1. The molecule has 0 aromatic heterocycles. The number of esters is 1. The smallest absolute Gasteiger partial charge is 0.311 e. The fraction of sp³-hybridized carbons (Fsp3) is 0.667. The fourth-order valence-electron chi connectivity index (χ4n) is 8.31. The van der Waals surface area contributed by atoms with E-state index in [1.165, 1.54) is 12.7 Å². The van der Waals surface area contributed by atoms with Crippen molar-refractivity contribution in [2.24, 2.45) is 11.3 Å². The minimum atomic E-state index is -0.480. The van der Waals surface area contributed by atoms with Gasteiger partial charge in [-0.3, -0.25) is 9.69 Å². The van der Waals surface area contributed by atoms with Gasteiger partial charge in [0.2, 0.25) is 0 Å². The lowest BCUT2D eigenvalue weighted by molar-refractivity contribution is -0.202. The lowest BCUT2D eigenvalue weighted by atomic mass is 9.38. The molecule has 8 rings (SSSR count). The molecule has 6 heteroatoms. The van der Waals surface area contributed by atoms with Gasteiger partial charge < -0.3 is 19.9 Å². The first-order valence-corrected chi connectivity index (χ1v) is 10.1. The molecule has 0 unspecified atom stereocenters. The number of ether oxygens (including phenoxy) is 2. The van der Waals surface area contributed by atoms with E-state index in [0.29, 0.717) is 12.8 Å². The first-order valence-electron chi connectivity index (χ1n) is 10.1. The molecule has 7 aliphatic rings. The summed E-state index contributed by atoms with van der Waals surface area (Å²) in [5.41, 5.74) is 1.42. The van der Waals surface area contributed by atoms with E-state index >= 15 is 0 Å². The highest BCUT2D eigenvalue weighted by molar-refractivity contribution is 5.81. The summed E-state index contributed by atoms with van der Waals surface area (Å²) in [6.07, 6.45) is 2.06. The van der Waals surface area contributed by atoms with E-state index in [4.69, 9.17) is 9.47 Å². The Kier molecular flexibility index (Phi) is 2.46. The second kappa shape index (κ2) is 4.34. The van der Waals surface area contributed by atoms with Crippen LogP contribution in [0.5, 0.6) is 0 Å². The Bertz CT molecular complexity index is 891. The number of nitrogens with zero attached hydrogens (tertiary/aromatic N) is 1. The molecule has 27 heavy (non-hydrogen) atoms. The van der Waals surface area contributed by atoms with Crippen molar-refractivity contribution in [3.05, 3.63) is 29.8 Å². The van der Waals surface area contributed by atoms with Gasteiger partial charge in [-0.1, -0.05) is 18.2 Å². The highest BCUT2D eigenvalue weighted by Gasteiger charge is 2.85. The van der Waals surface area contributed by atoms with Crippen molar-refractivity contribution >= 4 is 11.7 Å². The number of methoxy groups -OCH3 is 1. The monoisotopic (exact) mass is 368 g/mol. The molecule has 4 heterocycles. The molecule has 1 aromatic rings. The summed E-state index contributed by atoms with van der Waals surface area (Å²) in [6, 6.07) is 8.73. The number of carbonyl (C=O) groups is 1. The first-order chi connectivity index (χ1) is 13.1. The van der Waals surface area contributed by atoms with Crippen LogP contribution in [0.2, 0.25) is 0 Å². The third-order valence-corrected chi connectivity index (χ3v) is 9.00. The molecule has 2 bridgehead atoms. The number of aliphatic hydroxyl groups is 1.